The number of carbonyl (C=O) groups is 1. The van der Waals surface area contributed by atoms with Gasteiger partial charge in [0.15, 0.2) is 5.82 Å². The number of nitrogens with one attached hydrogen (secondary N) is 3. The van der Waals surface area contributed by atoms with Gasteiger partial charge in [0.25, 0.3) is 0 Å². The number of hydrogen-bond donors (Lipinski definition) is 3. The van der Waals surface area contributed by atoms with Gasteiger partial charge in [0.05, 0.1) is 11.2 Å². The molecule has 3 N–H and O–H groups in total. The number of rotatable bonds is 5. The Labute approximate surface area is 188 Å². The van der Waals surface area contributed by atoms with Crippen LogP contribution in [-0.2, 0) is 4.79 Å². The van der Waals surface area contributed by atoms with Crippen LogP contribution in [0.3, 0.4) is 0 Å². The zero-order valence-corrected chi connectivity index (χ0v) is 18.3. The summed E-state index contributed by atoms with van der Waals surface area (Å²) in [7, 11) is 0. The third-order valence-corrected chi connectivity index (χ3v) is 6.59. The van der Waals surface area contributed by atoms with Crippen molar-refractivity contribution in [2.24, 2.45) is 5.92 Å². The molecule has 7 heteroatoms. The Bertz CT molecular complexity index is 1090. The maximum absolute atomic E-state index is 12.6. The Kier molecular flexibility index (Phi) is 6.25. The molecule has 32 heavy (non-hydrogen) atoms. The normalized spacial score (nSPS) is 17.9. The molecule has 5 rings (SSSR count). The zero-order chi connectivity index (χ0) is 21.8. The van der Waals surface area contributed by atoms with Gasteiger partial charge < -0.3 is 16.0 Å². The highest BCUT2D eigenvalue weighted by molar-refractivity contribution is 5.94. The number of amides is 1. The Hall–Kier alpha value is -3.06. The summed E-state index contributed by atoms with van der Waals surface area (Å²) in [4.78, 5) is 17.0. The highest BCUT2D eigenvalue weighted by atomic mass is 16.1. The average Bonchev–Trinajstić information content (AvgIpc) is 2.85. The van der Waals surface area contributed by atoms with Crippen molar-refractivity contribution in [1.29, 1.82) is 0 Å². The number of fused-ring (bicyclic) bond motifs is 1. The van der Waals surface area contributed by atoms with E-state index in [4.69, 9.17) is 0 Å². The van der Waals surface area contributed by atoms with Crippen LogP contribution in [0.1, 0.15) is 44.9 Å². The minimum atomic E-state index is 0.0652. The van der Waals surface area contributed by atoms with Crippen LogP contribution in [-0.4, -0.2) is 40.2 Å². The first kappa shape index (κ1) is 20.8. The third kappa shape index (κ3) is 4.88. The molecule has 0 unspecified atom stereocenters. The van der Waals surface area contributed by atoms with Crippen molar-refractivity contribution in [3.63, 3.8) is 0 Å². The quantitative estimate of drug-likeness (QED) is 0.557. The van der Waals surface area contributed by atoms with Crippen LogP contribution >= 0.6 is 0 Å². The molecule has 2 aliphatic rings. The first-order chi connectivity index (χ1) is 15.7. The van der Waals surface area contributed by atoms with E-state index < -0.39 is 0 Å². The van der Waals surface area contributed by atoms with Crippen molar-refractivity contribution in [2.75, 3.05) is 23.7 Å². The molecule has 1 aromatic carbocycles. The Balaban J connectivity index is 1.34. The molecule has 1 amide bonds. The minimum Gasteiger partial charge on any atom is -0.381 e. The van der Waals surface area contributed by atoms with E-state index in [0.29, 0.717) is 11.9 Å². The van der Waals surface area contributed by atoms with Gasteiger partial charge in [-0.1, -0.05) is 25.3 Å². The van der Waals surface area contributed by atoms with Gasteiger partial charge in [0.1, 0.15) is 0 Å². The van der Waals surface area contributed by atoms with Gasteiger partial charge in [0, 0.05) is 35.3 Å². The molecule has 3 aromatic rings. The fourth-order valence-electron chi connectivity index (χ4n) is 4.76. The summed E-state index contributed by atoms with van der Waals surface area (Å²) >= 11 is 0. The molecule has 1 aliphatic carbocycles. The van der Waals surface area contributed by atoms with Crippen LogP contribution in [0.5, 0.6) is 0 Å². The molecule has 1 saturated heterocycles. The van der Waals surface area contributed by atoms with E-state index in [9.17, 15) is 4.79 Å². The van der Waals surface area contributed by atoms with Crippen molar-refractivity contribution in [1.82, 2.24) is 20.5 Å². The maximum Gasteiger partial charge on any atom is 0.228 e. The van der Waals surface area contributed by atoms with Crippen LogP contribution in [0.25, 0.3) is 22.0 Å². The van der Waals surface area contributed by atoms with Crippen LogP contribution in [0.15, 0.2) is 42.7 Å². The Morgan fingerprint density at radius 1 is 0.906 bits per heavy atom. The summed E-state index contributed by atoms with van der Waals surface area (Å²) in [6, 6.07) is 10.6. The minimum absolute atomic E-state index is 0.0652. The van der Waals surface area contributed by atoms with Gasteiger partial charge in [-0.25, -0.2) is 0 Å². The van der Waals surface area contributed by atoms with Crippen LogP contribution in [0.4, 0.5) is 11.5 Å². The Morgan fingerprint density at radius 2 is 1.75 bits per heavy atom. The second-order valence-electron chi connectivity index (χ2n) is 8.96. The summed E-state index contributed by atoms with van der Waals surface area (Å²) in [5, 5.41) is 19.5. The number of piperidine rings is 1. The van der Waals surface area contributed by atoms with Gasteiger partial charge in [-0.15, -0.1) is 10.2 Å². The summed E-state index contributed by atoms with van der Waals surface area (Å²) in [5.74, 6) is 0.675. The van der Waals surface area contributed by atoms with E-state index in [1.165, 1.54) is 6.42 Å². The SMILES string of the molecule is O=C(Nc1cc2cc(-c3cncc(NC4CCNCC4)c3)ccc2nn1)C1CCCCC1. The van der Waals surface area contributed by atoms with Crippen molar-refractivity contribution in [2.45, 2.75) is 51.0 Å². The molecule has 0 atom stereocenters. The highest BCUT2D eigenvalue weighted by Gasteiger charge is 2.21. The monoisotopic (exact) mass is 430 g/mol. The van der Waals surface area contributed by atoms with Gasteiger partial charge in [-0.05, 0) is 68.6 Å². The van der Waals surface area contributed by atoms with Crippen LogP contribution in [0, 0.1) is 5.92 Å². The molecule has 0 radical (unpaired) electrons. The van der Waals surface area contributed by atoms with Crippen molar-refractivity contribution in [3.05, 3.63) is 42.7 Å². The second kappa shape index (κ2) is 9.61. The standard InChI is InChI=1S/C25H30N6O/c32-25(17-4-2-1-3-5-17)29-24-14-19-12-18(6-7-23(19)30-31-24)20-13-22(16-27-15-20)28-21-8-10-26-11-9-21/h6-7,12-17,21,26,28H,1-5,8-11H2,(H,29,31,32). The topological polar surface area (TPSA) is 91.8 Å². The fraction of sp³-hybridized carbons (Fsp3) is 0.440. The highest BCUT2D eigenvalue weighted by Crippen LogP contribution is 2.28. The predicted molar refractivity (Wildman–Crippen MR) is 127 cm³/mol. The zero-order valence-electron chi connectivity index (χ0n) is 18.3. The first-order valence-corrected chi connectivity index (χ1v) is 11.8. The number of anilines is 2. The lowest BCUT2D eigenvalue weighted by atomic mass is 9.89. The van der Waals surface area contributed by atoms with E-state index in [0.717, 1.165) is 79.3 Å². The smallest absolute Gasteiger partial charge is 0.228 e. The van der Waals surface area contributed by atoms with E-state index in [1.54, 1.807) is 0 Å². The van der Waals surface area contributed by atoms with E-state index in [-0.39, 0.29) is 11.8 Å². The average molecular weight is 431 g/mol. The number of nitrogens with zero attached hydrogens (tertiary/aromatic N) is 3. The maximum atomic E-state index is 12.6. The summed E-state index contributed by atoms with van der Waals surface area (Å²) in [6.07, 6.45) is 11.4. The fourth-order valence-corrected chi connectivity index (χ4v) is 4.76. The molecule has 2 fully saturated rings. The molecular weight excluding hydrogens is 400 g/mol. The van der Waals surface area contributed by atoms with Crippen molar-refractivity contribution in [3.8, 4) is 11.1 Å². The van der Waals surface area contributed by atoms with E-state index in [1.807, 2.05) is 30.6 Å². The number of benzene rings is 1. The van der Waals surface area contributed by atoms with Crippen molar-refractivity contribution < 1.29 is 4.79 Å². The number of pyridine rings is 1. The van der Waals surface area contributed by atoms with Crippen LogP contribution < -0.4 is 16.0 Å². The van der Waals surface area contributed by atoms with Gasteiger partial charge in [0.2, 0.25) is 5.91 Å². The molecule has 1 saturated carbocycles. The lowest BCUT2D eigenvalue weighted by molar-refractivity contribution is -0.120. The lowest BCUT2D eigenvalue weighted by Gasteiger charge is -2.24. The summed E-state index contributed by atoms with van der Waals surface area (Å²) in [6.45, 7) is 2.10. The molecule has 7 nitrogen and oxygen atoms in total. The Morgan fingerprint density at radius 3 is 2.59 bits per heavy atom. The molecule has 2 aromatic heterocycles. The third-order valence-electron chi connectivity index (χ3n) is 6.59. The molecule has 3 heterocycles. The van der Waals surface area contributed by atoms with Gasteiger partial charge >= 0.3 is 0 Å². The predicted octanol–water partition coefficient (Wildman–Crippen LogP) is 4.37. The molecule has 166 valence electrons. The van der Waals surface area contributed by atoms with E-state index >= 15 is 0 Å². The first-order valence-electron chi connectivity index (χ1n) is 11.8. The van der Waals surface area contributed by atoms with E-state index in [2.05, 4.69) is 43.3 Å². The summed E-state index contributed by atoms with van der Waals surface area (Å²) < 4.78 is 0. The number of aromatic nitrogens is 3. The van der Waals surface area contributed by atoms with Crippen molar-refractivity contribution >= 4 is 28.3 Å². The van der Waals surface area contributed by atoms with Gasteiger partial charge in [-0.2, -0.15) is 0 Å². The number of hydrogen-bond acceptors (Lipinski definition) is 6. The second-order valence-corrected chi connectivity index (χ2v) is 8.96. The summed E-state index contributed by atoms with van der Waals surface area (Å²) in [5.41, 5.74) is 3.97. The number of carbonyl (C=O) groups excluding carboxylic acids is 1. The molecular formula is C25H30N6O. The molecule has 0 spiro atoms. The molecule has 0 bridgehead atoms. The largest absolute Gasteiger partial charge is 0.381 e. The lowest BCUT2D eigenvalue weighted by Crippen LogP contribution is -2.35. The van der Waals surface area contributed by atoms with Crippen LogP contribution in [0.2, 0.25) is 0 Å². The molecule has 1 aliphatic heterocycles. The van der Waals surface area contributed by atoms with Gasteiger partial charge in [-0.3, -0.25) is 9.78 Å².